The van der Waals surface area contributed by atoms with Gasteiger partial charge in [-0.25, -0.2) is 0 Å². The second-order valence-corrected chi connectivity index (χ2v) is 5.33. The number of benzene rings is 1. The van der Waals surface area contributed by atoms with Crippen molar-refractivity contribution in [3.8, 4) is 6.07 Å². The van der Waals surface area contributed by atoms with E-state index in [0.29, 0.717) is 10.6 Å². The molecule has 0 radical (unpaired) electrons. The number of aromatic nitrogens is 3. The summed E-state index contributed by atoms with van der Waals surface area (Å²) in [6.07, 6.45) is 3.87. The fourth-order valence-corrected chi connectivity index (χ4v) is 2.93. The smallest absolute Gasteiger partial charge is 0.155 e. The predicted octanol–water partition coefficient (Wildman–Crippen LogP) is 2.68. The highest BCUT2D eigenvalue weighted by Crippen LogP contribution is 2.36. The minimum Gasteiger partial charge on any atom is -0.361 e. The molecule has 5 nitrogen and oxygen atoms in total. The third kappa shape index (κ3) is 2.12. The SMILES string of the molecule is Cn1cnnc1[C@@H]1CCCN1c1ccc(C#N)c(Cl)c1. The number of aryl methyl sites for hydroxylation is 1. The second-order valence-electron chi connectivity index (χ2n) is 4.93. The molecule has 0 amide bonds. The van der Waals surface area contributed by atoms with E-state index < -0.39 is 0 Å². The van der Waals surface area contributed by atoms with E-state index in [1.54, 1.807) is 12.4 Å². The number of hydrogen-bond donors (Lipinski definition) is 0. The van der Waals surface area contributed by atoms with Gasteiger partial charge in [0, 0.05) is 19.3 Å². The third-order valence-corrected chi connectivity index (χ3v) is 4.01. The molecule has 0 unspecified atom stereocenters. The van der Waals surface area contributed by atoms with Gasteiger partial charge in [0.25, 0.3) is 0 Å². The first kappa shape index (κ1) is 12.9. The Morgan fingerprint density at radius 1 is 1.45 bits per heavy atom. The molecule has 0 saturated carbocycles. The van der Waals surface area contributed by atoms with Gasteiger partial charge in [0.1, 0.15) is 12.4 Å². The summed E-state index contributed by atoms with van der Waals surface area (Å²) >= 11 is 6.13. The van der Waals surface area contributed by atoms with Crippen LogP contribution in [0.4, 0.5) is 5.69 Å². The van der Waals surface area contributed by atoms with Crippen molar-refractivity contribution in [2.45, 2.75) is 18.9 Å². The zero-order valence-electron chi connectivity index (χ0n) is 11.1. The van der Waals surface area contributed by atoms with Gasteiger partial charge in [-0.15, -0.1) is 10.2 Å². The lowest BCUT2D eigenvalue weighted by molar-refractivity contribution is 0.629. The molecule has 102 valence electrons. The van der Waals surface area contributed by atoms with Crippen molar-refractivity contribution < 1.29 is 0 Å². The summed E-state index contributed by atoms with van der Waals surface area (Å²) < 4.78 is 1.95. The van der Waals surface area contributed by atoms with Crippen LogP contribution in [0.25, 0.3) is 0 Å². The van der Waals surface area contributed by atoms with Crippen LogP contribution >= 0.6 is 11.6 Å². The molecule has 1 fully saturated rings. The zero-order chi connectivity index (χ0) is 14.1. The minimum absolute atomic E-state index is 0.214. The van der Waals surface area contributed by atoms with Crippen LogP contribution in [0.3, 0.4) is 0 Å². The molecule has 3 rings (SSSR count). The third-order valence-electron chi connectivity index (χ3n) is 3.70. The summed E-state index contributed by atoms with van der Waals surface area (Å²) in [4.78, 5) is 2.27. The Labute approximate surface area is 122 Å². The van der Waals surface area contributed by atoms with Crippen LogP contribution in [0.15, 0.2) is 24.5 Å². The highest BCUT2D eigenvalue weighted by atomic mass is 35.5. The molecule has 1 aromatic carbocycles. The van der Waals surface area contributed by atoms with E-state index in [1.165, 1.54) is 0 Å². The predicted molar refractivity (Wildman–Crippen MR) is 76.5 cm³/mol. The van der Waals surface area contributed by atoms with Gasteiger partial charge >= 0.3 is 0 Å². The van der Waals surface area contributed by atoms with Gasteiger partial charge < -0.3 is 9.47 Å². The number of rotatable bonds is 2. The van der Waals surface area contributed by atoms with E-state index in [9.17, 15) is 0 Å². The molecule has 2 heterocycles. The lowest BCUT2D eigenvalue weighted by Gasteiger charge is -2.26. The quantitative estimate of drug-likeness (QED) is 0.852. The van der Waals surface area contributed by atoms with Crippen molar-refractivity contribution in [3.05, 3.63) is 40.9 Å². The summed E-state index contributed by atoms with van der Waals surface area (Å²) in [5, 5.41) is 17.6. The van der Waals surface area contributed by atoms with Crippen molar-refractivity contribution in [3.63, 3.8) is 0 Å². The van der Waals surface area contributed by atoms with Gasteiger partial charge in [0.05, 0.1) is 16.6 Å². The van der Waals surface area contributed by atoms with Crippen LogP contribution in [0, 0.1) is 11.3 Å². The molecule has 1 aliphatic heterocycles. The summed E-state index contributed by atoms with van der Waals surface area (Å²) in [5.74, 6) is 0.961. The minimum atomic E-state index is 0.214. The molecule has 1 aliphatic rings. The topological polar surface area (TPSA) is 57.7 Å². The monoisotopic (exact) mass is 287 g/mol. The molecule has 1 saturated heterocycles. The molecule has 1 atom stereocenters. The number of nitriles is 1. The van der Waals surface area contributed by atoms with Gasteiger partial charge in [0.2, 0.25) is 0 Å². The maximum absolute atomic E-state index is 8.94. The van der Waals surface area contributed by atoms with Crippen LogP contribution in [-0.2, 0) is 7.05 Å². The Bertz CT molecular complexity index is 672. The molecule has 0 N–H and O–H groups in total. The average molecular weight is 288 g/mol. The standard InChI is InChI=1S/C14H14ClN5/c1-19-9-17-18-14(19)13-3-2-6-20(13)11-5-4-10(8-16)12(15)7-11/h4-5,7,9,13H,2-3,6H2,1H3/t13-/m0/s1. The molecular formula is C14H14ClN5. The Balaban J connectivity index is 1.95. The van der Waals surface area contributed by atoms with Crippen molar-refractivity contribution >= 4 is 17.3 Å². The molecule has 20 heavy (non-hydrogen) atoms. The lowest BCUT2D eigenvalue weighted by atomic mass is 10.1. The Morgan fingerprint density at radius 2 is 2.30 bits per heavy atom. The van der Waals surface area contributed by atoms with Crippen molar-refractivity contribution in [2.75, 3.05) is 11.4 Å². The van der Waals surface area contributed by atoms with E-state index in [2.05, 4.69) is 21.2 Å². The first-order valence-electron chi connectivity index (χ1n) is 6.51. The number of hydrogen-bond acceptors (Lipinski definition) is 4. The molecule has 2 aromatic rings. The highest BCUT2D eigenvalue weighted by Gasteiger charge is 2.29. The first-order valence-corrected chi connectivity index (χ1v) is 6.88. The first-order chi connectivity index (χ1) is 9.70. The molecule has 1 aromatic heterocycles. The lowest BCUT2D eigenvalue weighted by Crippen LogP contribution is -2.24. The Morgan fingerprint density at radius 3 is 2.95 bits per heavy atom. The van der Waals surface area contributed by atoms with Gasteiger partial charge in [-0.2, -0.15) is 5.26 Å². The normalized spacial score (nSPS) is 18.2. The summed E-state index contributed by atoms with van der Waals surface area (Å²) in [5.41, 5.74) is 1.53. The van der Waals surface area contributed by atoms with Gasteiger partial charge in [-0.1, -0.05) is 11.6 Å². The zero-order valence-corrected chi connectivity index (χ0v) is 11.9. The van der Waals surface area contributed by atoms with Crippen molar-refractivity contribution in [1.29, 1.82) is 5.26 Å². The van der Waals surface area contributed by atoms with E-state index in [-0.39, 0.29) is 6.04 Å². The number of halogens is 1. The maximum atomic E-state index is 8.94. The van der Waals surface area contributed by atoms with Crippen LogP contribution in [-0.4, -0.2) is 21.3 Å². The fraction of sp³-hybridized carbons (Fsp3) is 0.357. The van der Waals surface area contributed by atoms with Crippen LogP contribution in [0.5, 0.6) is 0 Å². The van der Waals surface area contributed by atoms with E-state index in [4.69, 9.17) is 16.9 Å². The number of anilines is 1. The van der Waals surface area contributed by atoms with Crippen LogP contribution in [0.1, 0.15) is 30.3 Å². The largest absolute Gasteiger partial charge is 0.361 e. The van der Waals surface area contributed by atoms with Crippen molar-refractivity contribution in [2.24, 2.45) is 7.05 Å². The Kier molecular flexibility index (Phi) is 3.33. The highest BCUT2D eigenvalue weighted by molar-refractivity contribution is 6.32. The summed E-state index contributed by atoms with van der Waals surface area (Å²) in [6, 6.07) is 7.87. The van der Waals surface area contributed by atoms with Gasteiger partial charge in [-0.3, -0.25) is 0 Å². The van der Waals surface area contributed by atoms with Crippen molar-refractivity contribution in [1.82, 2.24) is 14.8 Å². The fourth-order valence-electron chi connectivity index (χ4n) is 2.71. The van der Waals surface area contributed by atoms with E-state index in [0.717, 1.165) is 30.9 Å². The average Bonchev–Trinajstić information content (AvgIpc) is 3.06. The Hall–Kier alpha value is -2.06. The number of nitrogens with zero attached hydrogens (tertiary/aromatic N) is 5. The summed E-state index contributed by atoms with van der Waals surface area (Å²) in [6.45, 7) is 0.958. The molecule has 6 heteroatoms. The van der Waals surface area contributed by atoms with Gasteiger partial charge in [0.15, 0.2) is 5.82 Å². The van der Waals surface area contributed by atoms with E-state index >= 15 is 0 Å². The molecule has 0 spiro atoms. The summed E-state index contributed by atoms with van der Waals surface area (Å²) in [7, 11) is 1.96. The van der Waals surface area contributed by atoms with E-state index in [1.807, 2.05) is 23.7 Å². The van der Waals surface area contributed by atoms with Gasteiger partial charge in [-0.05, 0) is 31.0 Å². The van der Waals surface area contributed by atoms with Crippen LogP contribution < -0.4 is 4.90 Å². The second kappa shape index (κ2) is 5.14. The van der Waals surface area contributed by atoms with Crippen LogP contribution in [0.2, 0.25) is 5.02 Å². The maximum Gasteiger partial charge on any atom is 0.155 e. The molecular weight excluding hydrogens is 274 g/mol. The molecule has 0 bridgehead atoms. The molecule has 0 aliphatic carbocycles.